The van der Waals surface area contributed by atoms with Gasteiger partial charge in [0.2, 0.25) is 0 Å². The lowest BCUT2D eigenvalue weighted by Crippen LogP contribution is -2.11. The van der Waals surface area contributed by atoms with Crippen molar-refractivity contribution in [3.63, 3.8) is 0 Å². The molecule has 136 valence electrons. The fraction of sp³-hybridized carbons (Fsp3) is 0. The topological polar surface area (TPSA) is 86.7 Å². The van der Waals surface area contributed by atoms with Gasteiger partial charge >= 0.3 is 11.9 Å². The summed E-state index contributed by atoms with van der Waals surface area (Å²) < 4.78 is 0. The summed E-state index contributed by atoms with van der Waals surface area (Å²) >= 11 is 1.27. The first kappa shape index (κ1) is 19.7. The van der Waals surface area contributed by atoms with Crippen LogP contribution in [0.5, 0.6) is 0 Å². The zero-order valence-electron chi connectivity index (χ0n) is 13.9. The van der Waals surface area contributed by atoms with E-state index in [1.807, 2.05) is 0 Å². The largest absolute Gasteiger partial charge is 0.386 e. The Morgan fingerprint density at radius 2 is 1.19 bits per heavy atom. The zero-order chi connectivity index (χ0) is 19.5. The molecule has 0 bridgehead atoms. The van der Waals surface area contributed by atoms with Gasteiger partial charge in [0.25, 0.3) is 0 Å². The van der Waals surface area contributed by atoms with E-state index in [0.29, 0.717) is 34.1 Å². The summed E-state index contributed by atoms with van der Waals surface area (Å²) in [5, 5.41) is 1.72. The second-order valence-corrected chi connectivity index (χ2v) is 5.90. The quantitative estimate of drug-likeness (QED) is 0.385. The third kappa shape index (κ3) is 6.02. The Labute approximate surface area is 158 Å². The molecule has 7 heteroatoms. The molecule has 1 aromatic heterocycles. The number of hydrogen-bond donors (Lipinski definition) is 0. The minimum absolute atomic E-state index is 0.318. The van der Waals surface area contributed by atoms with Crippen LogP contribution in [0, 0.1) is 0 Å². The Bertz CT molecular complexity index is 828. The molecule has 3 rings (SSSR count). The molecule has 0 unspecified atom stereocenters. The average molecular weight is 382 g/mol. The van der Waals surface area contributed by atoms with Gasteiger partial charge in [0, 0.05) is 5.56 Å². The molecule has 27 heavy (non-hydrogen) atoms. The van der Waals surface area contributed by atoms with Crippen LogP contribution in [-0.2, 0) is 9.78 Å². The van der Waals surface area contributed by atoms with Gasteiger partial charge < -0.3 is 0 Å². The van der Waals surface area contributed by atoms with E-state index >= 15 is 0 Å². The van der Waals surface area contributed by atoms with Crippen LogP contribution in [0.2, 0.25) is 0 Å². The summed E-state index contributed by atoms with van der Waals surface area (Å²) in [5.41, 5.74) is 1.12. The number of aldehydes is 2. The van der Waals surface area contributed by atoms with E-state index < -0.39 is 11.9 Å². The van der Waals surface area contributed by atoms with E-state index in [9.17, 15) is 19.2 Å². The van der Waals surface area contributed by atoms with Crippen molar-refractivity contribution in [2.45, 2.75) is 0 Å². The van der Waals surface area contributed by atoms with E-state index in [2.05, 4.69) is 9.78 Å². The van der Waals surface area contributed by atoms with E-state index in [1.54, 1.807) is 72.1 Å². The summed E-state index contributed by atoms with van der Waals surface area (Å²) in [4.78, 5) is 52.6. The molecule has 1 heterocycles. The van der Waals surface area contributed by atoms with Crippen molar-refractivity contribution in [2.75, 3.05) is 0 Å². The van der Waals surface area contributed by atoms with Crippen LogP contribution in [0.25, 0.3) is 0 Å². The first-order chi connectivity index (χ1) is 13.2. The number of thiophene rings is 1. The highest BCUT2D eigenvalue weighted by atomic mass is 32.1. The SMILES string of the molecule is O=C(OOC(=O)c1ccccc1)c1ccccc1.O=Cc1ccsc1C=O. The Hall–Kier alpha value is -3.58. The van der Waals surface area contributed by atoms with Crippen molar-refractivity contribution in [1.82, 2.24) is 0 Å². The second-order valence-electron chi connectivity index (χ2n) is 4.95. The van der Waals surface area contributed by atoms with Crippen molar-refractivity contribution in [2.24, 2.45) is 0 Å². The average Bonchev–Trinajstić information content (AvgIpc) is 3.21. The molecule has 0 atom stereocenters. The molecule has 0 spiro atoms. The molecule has 0 fully saturated rings. The Kier molecular flexibility index (Phi) is 7.62. The first-order valence-corrected chi connectivity index (χ1v) is 8.54. The van der Waals surface area contributed by atoms with Crippen molar-refractivity contribution in [1.29, 1.82) is 0 Å². The standard InChI is InChI=1S/C14H10O4.C6H4O2S/c15-13(11-7-3-1-4-8-11)17-18-14(16)12-9-5-2-6-10-12;7-3-5-1-2-9-6(5)4-8/h1-10H;1-4H. The molecule has 2 aromatic carbocycles. The fourth-order valence-corrected chi connectivity index (χ4v) is 2.51. The van der Waals surface area contributed by atoms with Gasteiger partial charge in [-0.3, -0.25) is 9.59 Å². The van der Waals surface area contributed by atoms with Crippen LogP contribution in [0.1, 0.15) is 40.7 Å². The molecule has 0 aliphatic carbocycles. The van der Waals surface area contributed by atoms with Crippen molar-refractivity contribution in [3.05, 3.63) is 93.7 Å². The van der Waals surface area contributed by atoms with Gasteiger partial charge in [-0.25, -0.2) is 19.4 Å². The van der Waals surface area contributed by atoms with Crippen molar-refractivity contribution < 1.29 is 29.0 Å². The lowest BCUT2D eigenvalue weighted by molar-refractivity contribution is -0.187. The predicted octanol–water partition coefficient (Wildman–Crippen LogP) is 3.99. The lowest BCUT2D eigenvalue weighted by atomic mass is 10.2. The summed E-state index contributed by atoms with van der Waals surface area (Å²) in [6.07, 6.45) is 1.37. The summed E-state index contributed by atoms with van der Waals surface area (Å²) in [7, 11) is 0. The van der Waals surface area contributed by atoms with Gasteiger partial charge in [-0.15, -0.1) is 11.3 Å². The van der Waals surface area contributed by atoms with Crippen LogP contribution in [0.4, 0.5) is 0 Å². The molecular weight excluding hydrogens is 368 g/mol. The van der Waals surface area contributed by atoms with Gasteiger partial charge in [0.1, 0.15) is 0 Å². The smallest absolute Gasteiger partial charge is 0.298 e. The lowest BCUT2D eigenvalue weighted by Gasteiger charge is -2.02. The number of benzene rings is 2. The third-order valence-electron chi connectivity index (χ3n) is 3.17. The maximum absolute atomic E-state index is 11.5. The Morgan fingerprint density at radius 1 is 0.704 bits per heavy atom. The van der Waals surface area contributed by atoms with Gasteiger partial charge in [0.15, 0.2) is 12.6 Å². The molecule has 6 nitrogen and oxygen atoms in total. The molecule has 0 N–H and O–H groups in total. The minimum atomic E-state index is -0.708. The number of carbonyl (C=O) groups is 4. The number of hydrogen-bond acceptors (Lipinski definition) is 7. The van der Waals surface area contributed by atoms with Gasteiger partial charge in [0.05, 0.1) is 16.0 Å². The molecule has 0 aliphatic heterocycles. The first-order valence-electron chi connectivity index (χ1n) is 7.67. The fourth-order valence-electron chi connectivity index (χ4n) is 1.84. The number of rotatable bonds is 4. The highest BCUT2D eigenvalue weighted by Crippen LogP contribution is 2.11. The zero-order valence-corrected chi connectivity index (χ0v) is 14.8. The van der Waals surface area contributed by atoms with Crippen molar-refractivity contribution in [3.8, 4) is 0 Å². The van der Waals surface area contributed by atoms with Crippen LogP contribution >= 0.6 is 11.3 Å². The molecule has 0 saturated carbocycles. The van der Waals surface area contributed by atoms with Crippen LogP contribution in [-0.4, -0.2) is 24.5 Å². The van der Waals surface area contributed by atoms with Gasteiger partial charge in [-0.2, -0.15) is 0 Å². The van der Waals surface area contributed by atoms with Gasteiger partial charge in [-0.05, 0) is 35.7 Å². The predicted molar refractivity (Wildman–Crippen MR) is 98.8 cm³/mol. The molecule has 0 amide bonds. The maximum Gasteiger partial charge on any atom is 0.386 e. The number of carbonyl (C=O) groups excluding carboxylic acids is 4. The van der Waals surface area contributed by atoms with Crippen LogP contribution < -0.4 is 0 Å². The normalized spacial score (nSPS) is 9.33. The second kappa shape index (κ2) is 10.4. The molecule has 3 aromatic rings. The Morgan fingerprint density at radius 3 is 1.56 bits per heavy atom. The third-order valence-corrected chi connectivity index (χ3v) is 4.03. The maximum atomic E-state index is 11.5. The van der Waals surface area contributed by atoms with Crippen LogP contribution in [0.15, 0.2) is 72.1 Å². The summed E-state index contributed by atoms with van der Waals surface area (Å²) in [6.45, 7) is 0. The molecule has 0 saturated heterocycles. The monoisotopic (exact) mass is 382 g/mol. The van der Waals surface area contributed by atoms with E-state index in [4.69, 9.17) is 0 Å². The van der Waals surface area contributed by atoms with Gasteiger partial charge in [-0.1, -0.05) is 36.4 Å². The summed E-state index contributed by atoms with van der Waals surface area (Å²) in [5.74, 6) is -1.42. The molecule has 0 radical (unpaired) electrons. The molecule has 0 aliphatic rings. The van der Waals surface area contributed by atoms with Crippen LogP contribution in [0.3, 0.4) is 0 Å². The highest BCUT2D eigenvalue weighted by Gasteiger charge is 2.13. The minimum Gasteiger partial charge on any atom is -0.298 e. The van der Waals surface area contributed by atoms with E-state index in [-0.39, 0.29) is 0 Å². The Balaban J connectivity index is 0.000000244. The highest BCUT2D eigenvalue weighted by molar-refractivity contribution is 7.12. The molecular formula is C20H14O6S. The van der Waals surface area contributed by atoms with E-state index in [0.717, 1.165) is 0 Å². The summed E-state index contributed by atoms with van der Waals surface area (Å²) in [6, 6.07) is 18.2. The van der Waals surface area contributed by atoms with Crippen molar-refractivity contribution >= 4 is 35.8 Å². The van der Waals surface area contributed by atoms with E-state index in [1.165, 1.54) is 11.3 Å².